The smallest absolute Gasteiger partial charge is 0.253 e. The number of carbonyl (C=O) groups is 1. The Morgan fingerprint density at radius 1 is 1.21 bits per heavy atom. The largest absolute Gasteiger partial charge is 0.487 e. The van der Waals surface area contributed by atoms with Gasteiger partial charge in [-0.3, -0.25) is 9.59 Å². The monoisotopic (exact) mass is 382 g/mol. The van der Waals surface area contributed by atoms with Crippen LogP contribution in [0.5, 0.6) is 5.75 Å². The molecule has 1 saturated heterocycles. The summed E-state index contributed by atoms with van der Waals surface area (Å²) in [6.45, 7) is 2.90. The number of ether oxygens (including phenoxy) is 2. The van der Waals surface area contributed by atoms with Gasteiger partial charge in [0.15, 0.2) is 5.43 Å². The van der Waals surface area contributed by atoms with E-state index in [1.807, 2.05) is 12.1 Å². The first-order valence-corrected chi connectivity index (χ1v) is 8.95. The SMILES string of the molecule is Cc1c(COc2cccc(N3CCOCC3=O)c2)[nH]c2ccc(F)cc2c1=O. The van der Waals surface area contributed by atoms with Crippen molar-refractivity contribution in [2.75, 3.05) is 24.7 Å². The van der Waals surface area contributed by atoms with Gasteiger partial charge in [-0.25, -0.2) is 4.39 Å². The minimum Gasteiger partial charge on any atom is -0.487 e. The molecule has 7 heteroatoms. The Balaban J connectivity index is 1.57. The van der Waals surface area contributed by atoms with E-state index in [9.17, 15) is 14.0 Å². The van der Waals surface area contributed by atoms with E-state index in [4.69, 9.17) is 9.47 Å². The van der Waals surface area contributed by atoms with Crippen LogP contribution in [0.4, 0.5) is 10.1 Å². The zero-order valence-electron chi connectivity index (χ0n) is 15.3. The van der Waals surface area contributed by atoms with Crippen molar-refractivity contribution in [1.29, 1.82) is 0 Å². The summed E-state index contributed by atoms with van der Waals surface area (Å²) in [5.74, 6) is 0.0393. The molecule has 2 aromatic carbocycles. The van der Waals surface area contributed by atoms with E-state index in [0.717, 1.165) is 5.69 Å². The molecule has 0 spiro atoms. The molecule has 144 valence electrons. The van der Waals surface area contributed by atoms with Crippen LogP contribution in [0.2, 0.25) is 0 Å². The summed E-state index contributed by atoms with van der Waals surface area (Å²) in [4.78, 5) is 29.3. The second-order valence-electron chi connectivity index (χ2n) is 6.63. The highest BCUT2D eigenvalue weighted by Crippen LogP contribution is 2.23. The lowest BCUT2D eigenvalue weighted by Crippen LogP contribution is -2.41. The van der Waals surface area contributed by atoms with Gasteiger partial charge in [-0.1, -0.05) is 6.07 Å². The number of aromatic amines is 1. The summed E-state index contributed by atoms with van der Waals surface area (Å²) >= 11 is 0. The third-order valence-corrected chi connectivity index (χ3v) is 4.80. The highest BCUT2D eigenvalue weighted by atomic mass is 19.1. The fourth-order valence-corrected chi connectivity index (χ4v) is 3.24. The van der Waals surface area contributed by atoms with Crippen LogP contribution in [0, 0.1) is 12.7 Å². The van der Waals surface area contributed by atoms with Gasteiger partial charge in [0.1, 0.15) is 24.8 Å². The number of aromatic nitrogens is 1. The summed E-state index contributed by atoms with van der Waals surface area (Å²) in [6, 6.07) is 11.3. The molecule has 0 unspecified atom stereocenters. The number of carbonyl (C=O) groups excluding carboxylic acids is 1. The maximum atomic E-state index is 13.4. The van der Waals surface area contributed by atoms with Crippen LogP contribution in [-0.4, -0.2) is 30.6 Å². The Bertz CT molecular complexity index is 1110. The van der Waals surface area contributed by atoms with Gasteiger partial charge in [0.05, 0.1) is 12.3 Å². The molecule has 1 amide bonds. The van der Waals surface area contributed by atoms with Gasteiger partial charge in [0.25, 0.3) is 5.91 Å². The molecule has 28 heavy (non-hydrogen) atoms. The molecule has 1 fully saturated rings. The number of pyridine rings is 1. The summed E-state index contributed by atoms with van der Waals surface area (Å²) < 4.78 is 24.4. The molecule has 0 aliphatic carbocycles. The Hall–Kier alpha value is -3.19. The van der Waals surface area contributed by atoms with Crippen LogP contribution in [-0.2, 0) is 16.1 Å². The summed E-state index contributed by atoms with van der Waals surface area (Å²) in [7, 11) is 0. The zero-order chi connectivity index (χ0) is 19.7. The molecule has 1 N–H and O–H groups in total. The molecule has 4 rings (SSSR count). The third-order valence-electron chi connectivity index (χ3n) is 4.80. The highest BCUT2D eigenvalue weighted by molar-refractivity contribution is 5.95. The van der Waals surface area contributed by atoms with Crippen LogP contribution in [0.15, 0.2) is 47.3 Å². The van der Waals surface area contributed by atoms with E-state index in [0.29, 0.717) is 41.1 Å². The summed E-state index contributed by atoms with van der Waals surface area (Å²) in [5.41, 5.74) is 2.18. The predicted molar refractivity (Wildman–Crippen MR) is 103 cm³/mol. The second kappa shape index (κ2) is 7.44. The zero-order valence-corrected chi connectivity index (χ0v) is 15.3. The number of rotatable bonds is 4. The van der Waals surface area contributed by atoms with Gasteiger partial charge >= 0.3 is 0 Å². The van der Waals surface area contributed by atoms with Gasteiger partial charge in [0, 0.05) is 34.8 Å². The van der Waals surface area contributed by atoms with Crippen molar-refractivity contribution < 1.29 is 18.7 Å². The maximum absolute atomic E-state index is 13.4. The van der Waals surface area contributed by atoms with Crippen molar-refractivity contribution in [2.45, 2.75) is 13.5 Å². The van der Waals surface area contributed by atoms with Crippen molar-refractivity contribution in [3.8, 4) is 5.75 Å². The summed E-state index contributed by atoms with van der Waals surface area (Å²) in [6.07, 6.45) is 0. The van der Waals surface area contributed by atoms with Crippen molar-refractivity contribution in [3.63, 3.8) is 0 Å². The number of fused-ring (bicyclic) bond motifs is 1. The van der Waals surface area contributed by atoms with E-state index < -0.39 is 5.82 Å². The molecule has 0 saturated carbocycles. The van der Waals surface area contributed by atoms with Crippen molar-refractivity contribution in [1.82, 2.24) is 4.98 Å². The van der Waals surface area contributed by atoms with Crippen molar-refractivity contribution in [2.24, 2.45) is 0 Å². The van der Waals surface area contributed by atoms with Crippen LogP contribution in [0.3, 0.4) is 0 Å². The number of nitrogens with zero attached hydrogens (tertiary/aromatic N) is 1. The fraction of sp³-hybridized carbons (Fsp3) is 0.238. The van der Waals surface area contributed by atoms with Crippen LogP contribution >= 0.6 is 0 Å². The summed E-state index contributed by atoms with van der Waals surface area (Å²) in [5, 5.41) is 0.314. The molecule has 2 heterocycles. The van der Waals surface area contributed by atoms with Crippen molar-refractivity contribution >= 4 is 22.5 Å². The Morgan fingerprint density at radius 2 is 2.07 bits per heavy atom. The van der Waals surface area contributed by atoms with E-state index in [2.05, 4.69) is 4.98 Å². The van der Waals surface area contributed by atoms with Crippen molar-refractivity contribution in [3.05, 3.63) is 69.8 Å². The van der Waals surface area contributed by atoms with Gasteiger partial charge in [-0.15, -0.1) is 0 Å². The maximum Gasteiger partial charge on any atom is 0.253 e. The molecule has 0 radical (unpaired) electrons. The minimum absolute atomic E-state index is 0.0726. The first-order chi connectivity index (χ1) is 13.5. The molecule has 1 aromatic heterocycles. The van der Waals surface area contributed by atoms with Gasteiger partial charge in [-0.2, -0.15) is 0 Å². The molecule has 0 atom stereocenters. The first-order valence-electron chi connectivity index (χ1n) is 8.95. The lowest BCUT2D eigenvalue weighted by molar-refractivity contribution is -0.125. The molecule has 3 aromatic rings. The average Bonchev–Trinajstić information content (AvgIpc) is 2.71. The van der Waals surface area contributed by atoms with Gasteiger partial charge in [0.2, 0.25) is 0 Å². The van der Waals surface area contributed by atoms with Crippen LogP contribution in [0.25, 0.3) is 10.9 Å². The van der Waals surface area contributed by atoms with Gasteiger partial charge < -0.3 is 19.4 Å². The third kappa shape index (κ3) is 3.48. The number of amides is 1. The Morgan fingerprint density at radius 3 is 2.89 bits per heavy atom. The number of morpholine rings is 1. The van der Waals surface area contributed by atoms with E-state index >= 15 is 0 Å². The standard InChI is InChI=1S/C21H19FN2O4/c1-13-19(23-18-6-5-14(22)9-17(18)21(13)26)11-28-16-4-2-3-15(10-16)24-7-8-27-12-20(24)25/h2-6,9-10H,7-8,11-12H2,1H3,(H,23,26). The number of halogens is 1. The normalized spacial score (nSPS) is 14.5. The Kier molecular flexibility index (Phi) is 4.83. The molecular formula is C21H19FN2O4. The fourth-order valence-electron chi connectivity index (χ4n) is 3.24. The molecular weight excluding hydrogens is 363 g/mol. The number of hydrogen-bond acceptors (Lipinski definition) is 4. The predicted octanol–water partition coefficient (Wildman–Crippen LogP) is 2.92. The Labute approximate surface area is 160 Å². The van der Waals surface area contributed by atoms with Gasteiger partial charge in [-0.05, 0) is 37.3 Å². The van der Waals surface area contributed by atoms with Crippen LogP contribution < -0.4 is 15.1 Å². The second-order valence-corrected chi connectivity index (χ2v) is 6.63. The highest BCUT2D eigenvalue weighted by Gasteiger charge is 2.20. The van der Waals surface area contributed by atoms with Crippen LogP contribution in [0.1, 0.15) is 11.3 Å². The topological polar surface area (TPSA) is 71.6 Å². The molecule has 0 bridgehead atoms. The average molecular weight is 382 g/mol. The number of H-pyrrole nitrogens is 1. The number of anilines is 1. The quantitative estimate of drug-likeness (QED) is 0.753. The van der Waals surface area contributed by atoms with E-state index in [-0.39, 0.29) is 24.5 Å². The lowest BCUT2D eigenvalue weighted by atomic mass is 10.1. The molecule has 6 nitrogen and oxygen atoms in total. The first kappa shape index (κ1) is 18.2. The molecule has 1 aliphatic rings. The number of hydrogen-bond donors (Lipinski definition) is 1. The van der Waals surface area contributed by atoms with E-state index in [1.165, 1.54) is 12.1 Å². The lowest BCUT2D eigenvalue weighted by Gasteiger charge is -2.27. The number of benzene rings is 2. The number of nitrogens with one attached hydrogen (secondary N) is 1. The molecule has 1 aliphatic heterocycles. The minimum atomic E-state index is -0.448. The van der Waals surface area contributed by atoms with E-state index in [1.54, 1.807) is 30.0 Å².